The lowest BCUT2D eigenvalue weighted by Gasteiger charge is -2.26. The van der Waals surface area contributed by atoms with Crippen LogP contribution in [-0.4, -0.2) is 4.57 Å². The number of allylic oxidation sites excluding steroid dienone is 4. The maximum Gasteiger partial charge on any atom is 0.0544 e. The first-order valence-electron chi connectivity index (χ1n) is 19.1. The van der Waals surface area contributed by atoms with Gasteiger partial charge < -0.3 is 9.47 Å². The van der Waals surface area contributed by atoms with Crippen molar-refractivity contribution >= 4 is 65.9 Å². The van der Waals surface area contributed by atoms with Gasteiger partial charge in [0.1, 0.15) is 0 Å². The lowest BCUT2D eigenvalue weighted by Crippen LogP contribution is -2.14. The summed E-state index contributed by atoms with van der Waals surface area (Å²) in [7, 11) is 0. The highest BCUT2D eigenvalue weighted by Gasteiger charge is 2.36. The van der Waals surface area contributed by atoms with Crippen molar-refractivity contribution in [3.8, 4) is 16.8 Å². The molecule has 0 bridgehead atoms. The Morgan fingerprint density at radius 2 is 1.13 bits per heavy atom. The third-order valence-corrected chi connectivity index (χ3v) is 12.0. The highest BCUT2D eigenvalue weighted by atomic mass is 15.1. The molecule has 0 fully saturated rings. The molecule has 0 saturated heterocycles. The zero-order valence-corrected chi connectivity index (χ0v) is 30.9. The number of hydrogen-bond acceptors (Lipinski definition) is 1. The number of anilines is 2. The van der Waals surface area contributed by atoms with Crippen molar-refractivity contribution in [2.24, 2.45) is 0 Å². The van der Waals surface area contributed by atoms with E-state index in [1.807, 2.05) is 0 Å². The zero-order chi connectivity index (χ0) is 36.8. The average molecular weight is 703 g/mol. The Balaban J connectivity index is 1.13. The Hall–Kier alpha value is -6.90. The van der Waals surface area contributed by atoms with Gasteiger partial charge in [-0.15, -0.1) is 0 Å². The minimum atomic E-state index is -0.0992. The summed E-state index contributed by atoms with van der Waals surface area (Å²) < 4.78 is 2.47. The molecule has 0 unspecified atom stereocenters. The Morgan fingerprint density at radius 3 is 1.91 bits per heavy atom. The highest BCUT2D eigenvalue weighted by molar-refractivity contribution is 6.13. The Kier molecular flexibility index (Phi) is 6.78. The molecule has 2 heterocycles. The first kappa shape index (κ1) is 31.6. The number of hydrogen-bond donors (Lipinski definition) is 0. The van der Waals surface area contributed by atoms with E-state index in [9.17, 15) is 0 Å². The number of fused-ring (bicyclic) bond motifs is 9. The quantitative estimate of drug-likeness (QED) is 0.178. The highest BCUT2D eigenvalue weighted by Crippen LogP contribution is 2.51. The monoisotopic (exact) mass is 702 g/mol. The van der Waals surface area contributed by atoms with Gasteiger partial charge in [0.2, 0.25) is 0 Å². The van der Waals surface area contributed by atoms with Crippen molar-refractivity contribution in [3.05, 3.63) is 211 Å². The van der Waals surface area contributed by atoms with Crippen LogP contribution in [0.2, 0.25) is 0 Å². The molecule has 11 rings (SSSR count). The van der Waals surface area contributed by atoms with E-state index in [1.165, 1.54) is 71.3 Å². The van der Waals surface area contributed by atoms with E-state index in [2.05, 4.69) is 212 Å². The molecule has 55 heavy (non-hydrogen) atoms. The van der Waals surface area contributed by atoms with Crippen molar-refractivity contribution in [3.63, 3.8) is 0 Å². The van der Waals surface area contributed by atoms with E-state index in [1.54, 1.807) is 0 Å². The lowest BCUT2D eigenvalue weighted by atomic mass is 9.82. The number of rotatable bonds is 3. The minimum absolute atomic E-state index is 0.0992. The van der Waals surface area contributed by atoms with Crippen molar-refractivity contribution < 1.29 is 0 Å². The van der Waals surface area contributed by atoms with Crippen LogP contribution in [0.15, 0.2) is 189 Å². The number of para-hydroxylation sites is 1. The molecule has 1 aliphatic heterocycles. The summed E-state index contributed by atoms with van der Waals surface area (Å²) in [6.07, 6.45) is 6.71. The third kappa shape index (κ3) is 4.81. The molecule has 9 aromatic rings. The van der Waals surface area contributed by atoms with Crippen LogP contribution in [0, 0.1) is 0 Å². The van der Waals surface area contributed by atoms with E-state index in [-0.39, 0.29) is 5.41 Å². The van der Waals surface area contributed by atoms with E-state index in [4.69, 9.17) is 0 Å². The molecular formula is C53H38N2. The average Bonchev–Trinajstić information content (AvgIpc) is 3.66. The molecule has 0 atom stereocenters. The summed E-state index contributed by atoms with van der Waals surface area (Å²) in [5, 5.41) is 7.42. The van der Waals surface area contributed by atoms with Gasteiger partial charge in [0.05, 0.1) is 16.7 Å². The fraction of sp³-hybridized carbons (Fsp3) is 0.0566. The molecule has 8 aromatic carbocycles. The van der Waals surface area contributed by atoms with E-state index >= 15 is 0 Å². The fourth-order valence-electron chi connectivity index (χ4n) is 9.22. The van der Waals surface area contributed by atoms with Gasteiger partial charge in [-0.2, -0.15) is 0 Å². The molecule has 1 aromatic heterocycles. The molecule has 2 aliphatic rings. The van der Waals surface area contributed by atoms with Crippen LogP contribution in [0.5, 0.6) is 0 Å². The predicted octanol–water partition coefficient (Wildman–Crippen LogP) is 14.2. The summed E-state index contributed by atoms with van der Waals surface area (Å²) in [5.74, 6) is 0. The van der Waals surface area contributed by atoms with Crippen LogP contribution < -0.4 is 4.90 Å². The van der Waals surface area contributed by atoms with Gasteiger partial charge in [-0.1, -0.05) is 130 Å². The minimum Gasteiger partial charge on any atom is -0.317 e. The van der Waals surface area contributed by atoms with Crippen LogP contribution in [0.25, 0.3) is 71.3 Å². The first-order chi connectivity index (χ1) is 26.9. The normalized spacial score (nSPS) is 16.1. The molecule has 2 nitrogen and oxygen atoms in total. The summed E-state index contributed by atoms with van der Waals surface area (Å²) >= 11 is 0. The van der Waals surface area contributed by atoms with Crippen LogP contribution in [0.4, 0.5) is 11.4 Å². The Morgan fingerprint density at radius 1 is 0.491 bits per heavy atom. The SMILES string of the molecule is C=C1/C=C(c2ccc3c(c2)c2cc4c(cc2n3-c2ccc3ccccc3c2)C(C)(C)c2ccccc2-4)\C=C/N(c2ccc3ccccc3c2)c2ccccc21. The molecule has 1 aliphatic carbocycles. The maximum atomic E-state index is 4.63. The predicted molar refractivity (Wildman–Crippen MR) is 235 cm³/mol. The molecule has 2 heteroatoms. The van der Waals surface area contributed by atoms with Crippen LogP contribution in [-0.2, 0) is 5.41 Å². The maximum absolute atomic E-state index is 4.63. The molecule has 0 N–H and O–H groups in total. The van der Waals surface area contributed by atoms with Crippen LogP contribution in [0.3, 0.4) is 0 Å². The summed E-state index contributed by atoms with van der Waals surface area (Å²) in [6, 6.07) is 60.1. The van der Waals surface area contributed by atoms with Gasteiger partial charge in [-0.3, -0.25) is 0 Å². The molecular weight excluding hydrogens is 665 g/mol. The van der Waals surface area contributed by atoms with Crippen LogP contribution in [0.1, 0.15) is 36.1 Å². The zero-order valence-electron chi connectivity index (χ0n) is 30.9. The first-order valence-corrected chi connectivity index (χ1v) is 19.1. The standard InChI is InChI=1S/C53H38N2/c1-34-28-40(26-27-54(50-19-11-9-16-43(34)50)41-23-20-35-12-4-6-14-37(35)29-41)39-22-25-51-46(31-39)47-32-45-44-17-8-10-18-48(44)53(2,3)49(45)33-52(47)55(51)42-24-21-36-13-5-7-15-38(36)30-42/h4-33H,1H2,2-3H3/b27-26-,40-28+. The van der Waals surface area contributed by atoms with E-state index in [0.29, 0.717) is 0 Å². The second-order valence-corrected chi connectivity index (χ2v) is 15.5. The largest absolute Gasteiger partial charge is 0.317 e. The van der Waals surface area contributed by atoms with Gasteiger partial charge in [0.25, 0.3) is 0 Å². The fourth-order valence-corrected chi connectivity index (χ4v) is 9.22. The molecule has 0 saturated carbocycles. The summed E-state index contributed by atoms with van der Waals surface area (Å²) in [6.45, 7) is 9.36. The summed E-state index contributed by atoms with van der Waals surface area (Å²) in [5.41, 5.74) is 15.5. The second-order valence-electron chi connectivity index (χ2n) is 15.5. The van der Waals surface area contributed by atoms with Crippen molar-refractivity contribution in [2.45, 2.75) is 19.3 Å². The topological polar surface area (TPSA) is 8.17 Å². The van der Waals surface area contributed by atoms with Crippen LogP contribution >= 0.6 is 0 Å². The van der Waals surface area contributed by atoms with Gasteiger partial charge >= 0.3 is 0 Å². The summed E-state index contributed by atoms with van der Waals surface area (Å²) in [4.78, 5) is 2.30. The number of benzene rings is 8. The third-order valence-electron chi connectivity index (χ3n) is 12.0. The number of nitrogens with zero attached hydrogens (tertiary/aromatic N) is 2. The van der Waals surface area contributed by atoms with Gasteiger partial charge in [0, 0.05) is 39.3 Å². The molecule has 0 spiro atoms. The molecule has 260 valence electrons. The molecule has 0 radical (unpaired) electrons. The van der Waals surface area contributed by atoms with E-state index in [0.717, 1.165) is 33.6 Å². The Bertz CT molecular complexity index is 3150. The smallest absolute Gasteiger partial charge is 0.0544 e. The van der Waals surface area contributed by atoms with Gasteiger partial charge in [-0.25, -0.2) is 0 Å². The second kappa shape index (κ2) is 11.8. The Labute approximate surface area is 321 Å². The van der Waals surface area contributed by atoms with Crippen molar-refractivity contribution in [2.75, 3.05) is 4.90 Å². The van der Waals surface area contributed by atoms with Crippen molar-refractivity contribution in [1.29, 1.82) is 0 Å². The number of aromatic nitrogens is 1. The van der Waals surface area contributed by atoms with Crippen molar-refractivity contribution in [1.82, 2.24) is 4.57 Å². The van der Waals surface area contributed by atoms with Gasteiger partial charge in [0.15, 0.2) is 0 Å². The van der Waals surface area contributed by atoms with E-state index < -0.39 is 0 Å². The lowest BCUT2D eigenvalue weighted by molar-refractivity contribution is 0.661. The molecule has 0 amide bonds. The van der Waals surface area contributed by atoms with Gasteiger partial charge in [-0.05, 0) is 127 Å².